The lowest BCUT2D eigenvalue weighted by Gasteiger charge is -2.06. The molecule has 1 unspecified atom stereocenters. The molecule has 13 heavy (non-hydrogen) atoms. The highest BCUT2D eigenvalue weighted by molar-refractivity contribution is 6.00. The molecule has 0 fully saturated rings. The van der Waals surface area contributed by atoms with Crippen LogP contribution in [0.2, 0.25) is 0 Å². The predicted molar refractivity (Wildman–Crippen MR) is 45.8 cm³/mol. The monoisotopic (exact) mass is 183 g/mol. The number of nitrogens with two attached hydrogens (primary N) is 1. The van der Waals surface area contributed by atoms with E-state index in [-0.39, 0.29) is 5.56 Å². The van der Waals surface area contributed by atoms with Crippen LogP contribution in [0.3, 0.4) is 0 Å². The SMILES string of the molecule is NC(CO)C(=O)c1cccc(F)c1. The third kappa shape index (κ3) is 2.34. The fourth-order valence-corrected chi connectivity index (χ4v) is 0.939. The van der Waals surface area contributed by atoms with Crippen molar-refractivity contribution >= 4 is 5.78 Å². The zero-order chi connectivity index (χ0) is 9.84. The van der Waals surface area contributed by atoms with Gasteiger partial charge in [-0.25, -0.2) is 4.39 Å². The van der Waals surface area contributed by atoms with Gasteiger partial charge in [-0.15, -0.1) is 0 Å². The van der Waals surface area contributed by atoms with Gasteiger partial charge in [0.25, 0.3) is 0 Å². The Morgan fingerprint density at radius 2 is 2.31 bits per heavy atom. The number of hydrogen-bond acceptors (Lipinski definition) is 3. The quantitative estimate of drug-likeness (QED) is 0.664. The van der Waals surface area contributed by atoms with Crippen LogP contribution in [0.25, 0.3) is 0 Å². The Balaban J connectivity index is 2.89. The maximum Gasteiger partial charge on any atom is 0.181 e. The van der Waals surface area contributed by atoms with E-state index < -0.39 is 24.2 Å². The third-order valence-corrected chi connectivity index (χ3v) is 1.64. The topological polar surface area (TPSA) is 63.3 Å². The number of carbonyl (C=O) groups excluding carboxylic acids is 1. The molecule has 3 nitrogen and oxygen atoms in total. The minimum absolute atomic E-state index is 0.182. The zero-order valence-corrected chi connectivity index (χ0v) is 6.90. The summed E-state index contributed by atoms with van der Waals surface area (Å²) >= 11 is 0. The molecule has 0 aliphatic heterocycles. The van der Waals surface area contributed by atoms with Crippen LogP contribution >= 0.6 is 0 Å². The summed E-state index contributed by atoms with van der Waals surface area (Å²) in [6.45, 7) is -0.435. The number of hydrogen-bond donors (Lipinski definition) is 2. The lowest BCUT2D eigenvalue weighted by molar-refractivity contribution is 0.0925. The second-order valence-electron chi connectivity index (χ2n) is 2.66. The molecule has 3 N–H and O–H groups in total. The summed E-state index contributed by atoms with van der Waals surface area (Å²) < 4.78 is 12.6. The molecule has 0 saturated carbocycles. The molecule has 0 saturated heterocycles. The first kappa shape index (κ1) is 9.83. The van der Waals surface area contributed by atoms with Crippen LogP contribution in [0.15, 0.2) is 24.3 Å². The van der Waals surface area contributed by atoms with Crippen molar-refractivity contribution in [3.63, 3.8) is 0 Å². The highest BCUT2D eigenvalue weighted by atomic mass is 19.1. The molecule has 4 heteroatoms. The van der Waals surface area contributed by atoms with Crippen molar-refractivity contribution in [2.24, 2.45) is 5.73 Å². The van der Waals surface area contributed by atoms with Crippen molar-refractivity contribution in [3.05, 3.63) is 35.6 Å². The van der Waals surface area contributed by atoms with Crippen molar-refractivity contribution in [2.75, 3.05) is 6.61 Å². The molecule has 0 aromatic heterocycles. The molecule has 1 rings (SSSR count). The molecular weight excluding hydrogens is 173 g/mol. The van der Waals surface area contributed by atoms with E-state index in [1.165, 1.54) is 18.2 Å². The van der Waals surface area contributed by atoms with Crippen LogP contribution in [0.4, 0.5) is 4.39 Å². The Morgan fingerprint density at radius 3 is 2.85 bits per heavy atom. The van der Waals surface area contributed by atoms with Crippen molar-refractivity contribution in [3.8, 4) is 0 Å². The standard InChI is InChI=1S/C9H10FNO2/c10-7-3-1-2-6(4-7)9(13)8(11)5-12/h1-4,8,12H,5,11H2. The molecule has 1 atom stereocenters. The number of Topliss-reactive ketones (excluding diaryl/α,β-unsaturated/α-hetero) is 1. The first-order chi connectivity index (χ1) is 6.15. The van der Waals surface area contributed by atoms with E-state index >= 15 is 0 Å². The van der Waals surface area contributed by atoms with Gasteiger partial charge in [0.2, 0.25) is 0 Å². The summed E-state index contributed by atoms with van der Waals surface area (Å²) in [5.74, 6) is -0.946. The normalized spacial score (nSPS) is 12.5. The van der Waals surface area contributed by atoms with Gasteiger partial charge >= 0.3 is 0 Å². The molecule has 0 aliphatic carbocycles. The predicted octanol–water partition coefficient (Wildman–Crippen LogP) is 0.328. The maximum atomic E-state index is 12.6. The average Bonchev–Trinajstić information content (AvgIpc) is 2.15. The van der Waals surface area contributed by atoms with Crippen molar-refractivity contribution in [2.45, 2.75) is 6.04 Å². The Bertz CT molecular complexity index is 314. The van der Waals surface area contributed by atoms with Crippen LogP contribution in [0.5, 0.6) is 0 Å². The van der Waals surface area contributed by atoms with Gasteiger partial charge in [0.15, 0.2) is 5.78 Å². The number of carbonyl (C=O) groups is 1. The van der Waals surface area contributed by atoms with Crippen LogP contribution in [0.1, 0.15) is 10.4 Å². The third-order valence-electron chi connectivity index (χ3n) is 1.64. The molecule has 0 amide bonds. The Labute approximate surface area is 75.0 Å². The summed E-state index contributed by atoms with van der Waals surface area (Å²) in [5, 5.41) is 8.60. The first-order valence-electron chi connectivity index (χ1n) is 3.81. The Morgan fingerprint density at radius 1 is 1.62 bits per heavy atom. The number of benzene rings is 1. The van der Waals surface area contributed by atoms with E-state index in [1.54, 1.807) is 0 Å². The van der Waals surface area contributed by atoms with Gasteiger partial charge in [0.05, 0.1) is 12.6 Å². The molecule has 0 spiro atoms. The maximum absolute atomic E-state index is 12.6. The molecule has 0 radical (unpaired) electrons. The summed E-state index contributed by atoms with van der Waals surface area (Å²) in [6.07, 6.45) is 0. The van der Waals surface area contributed by atoms with Gasteiger partial charge in [0.1, 0.15) is 5.82 Å². The second-order valence-corrected chi connectivity index (χ2v) is 2.66. The van der Waals surface area contributed by atoms with Crippen LogP contribution < -0.4 is 5.73 Å². The Kier molecular flexibility index (Phi) is 3.11. The van der Waals surface area contributed by atoms with Crippen LogP contribution in [-0.4, -0.2) is 23.5 Å². The smallest absolute Gasteiger partial charge is 0.181 e. The highest BCUT2D eigenvalue weighted by Crippen LogP contribution is 2.05. The number of ketones is 1. The molecular formula is C9H10FNO2. The lowest BCUT2D eigenvalue weighted by atomic mass is 10.1. The van der Waals surface area contributed by atoms with Gasteiger partial charge < -0.3 is 10.8 Å². The van der Waals surface area contributed by atoms with E-state index in [9.17, 15) is 9.18 Å². The van der Waals surface area contributed by atoms with E-state index in [1.807, 2.05) is 0 Å². The first-order valence-corrected chi connectivity index (χ1v) is 3.81. The van der Waals surface area contributed by atoms with Gasteiger partial charge in [-0.05, 0) is 12.1 Å². The molecule has 0 bridgehead atoms. The minimum Gasteiger partial charge on any atom is -0.394 e. The molecule has 0 aliphatic rings. The lowest BCUT2D eigenvalue weighted by Crippen LogP contribution is -2.34. The summed E-state index contributed by atoms with van der Waals surface area (Å²) in [6, 6.07) is 4.24. The van der Waals surface area contributed by atoms with E-state index in [0.29, 0.717) is 0 Å². The van der Waals surface area contributed by atoms with E-state index in [2.05, 4.69) is 0 Å². The highest BCUT2D eigenvalue weighted by Gasteiger charge is 2.14. The van der Waals surface area contributed by atoms with Gasteiger partial charge in [-0.2, -0.15) is 0 Å². The second kappa shape index (κ2) is 4.11. The zero-order valence-electron chi connectivity index (χ0n) is 6.90. The Hall–Kier alpha value is -1.26. The van der Waals surface area contributed by atoms with Gasteiger partial charge in [-0.3, -0.25) is 4.79 Å². The summed E-state index contributed by atoms with van der Waals surface area (Å²) in [5.41, 5.74) is 5.46. The van der Waals surface area contributed by atoms with Crippen LogP contribution in [0, 0.1) is 5.82 Å². The average molecular weight is 183 g/mol. The summed E-state index contributed by atoms with van der Waals surface area (Å²) in [4.78, 5) is 11.3. The van der Waals surface area contributed by atoms with E-state index in [0.717, 1.165) is 6.07 Å². The fourth-order valence-electron chi connectivity index (χ4n) is 0.939. The largest absolute Gasteiger partial charge is 0.394 e. The molecule has 70 valence electrons. The van der Waals surface area contributed by atoms with Gasteiger partial charge in [0, 0.05) is 5.56 Å². The van der Waals surface area contributed by atoms with Crippen LogP contribution in [-0.2, 0) is 0 Å². The summed E-state index contributed by atoms with van der Waals surface area (Å²) in [7, 11) is 0. The van der Waals surface area contributed by atoms with Crippen molar-refractivity contribution in [1.29, 1.82) is 0 Å². The number of aliphatic hydroxyl groups is 1. The molecule has 1 aromatic rings. The molecule has 0 heterocycles. The van der Waals surface area contributed by atoms with E-state index in [4.69, 9.17) is 10.8 Å². The fraction of sp³-hybridized carbons (Fsp3) is 0.222. The number of rotatable bonds is 3. The van der Waals surface area contributed by atoms with Crippen molar-refractivity contribution < 1.29 is 14.3 Å². The van der Waals surface area contributed by atoms with Gasteiger partial charge in [-0.1, -0.05) is 12.1 Å². The molecule has 1 aromatic carbocycles. The minimum atomic E-state index is -0.971. The van der Waals surface area contributed by atoms with Crippen molar-refractivity contribution in [1.82, 2.24) is 0 Å². The number of halogens is 1. The number of aliphatic hydroxyl groups excluding tert-OH is 1.